The first-order valence-corrected chi connectivity index (χ1v) is 5.73. The van der Waals surface area contributed by atoms with Gasteiger partial charge in [-0.05, 0) is 20.3 Å². The molecule has 1 unspecified atom stereocenters. The Balaban J connectivity index is 2.71. The van der Waals surface area contributed by atoms with Crippen molar-refractivity contribution in [1.29, 1.82) is 0 Å². The highest BCUT2D eigenvalue weighted by atomic mass is 16.5. The Labute approximate surface area is 97.5 Å². The molecule has 0 aliphatic rings. The number of nitrogens with zero attached hydrogens (tertiary/aromatic N) is 2. The van der Waals surface area contributed by atoms with Gasteiger partial charge in [0.05, 0.1) is 24.0 Å². The maximum Gasteiger partial charge on any atom is 0.148 e. The molecule has 0 aromatic carbocycles. The van der Waals surface area contributed by atoms with Crippen molar-refractivity contribution in [3.63, 3.8) is 0 Å². The highest BCUT2D eigenvalue weighted by molar-refractivity contribution is 5.40. The van der Waals surface area contributed by atoms with Gasteiger partial charge >= 0.3 is 0 Å². The fourth-order valence-corrected chi connectivity index (χ4v) is 1.61. The fraction of sp³-hybridized carbons (Fsp3) is 0.667. The van der Waals surface area contributed by atoms with Crippen molar-refractivity contribution in [2.45, 2.75) is 39.7 Å². The van der Waals surface area contributed by atoms with Crippen LogP contribution in [0.5, 0.6) is 0 Å². The predicted octanol–water partition coefficient (Wildman–Crippen LogP) is 2.32. The monoisotopic (exact) mass is 223 g/mol. The predicted molar refractivity (Wildman–Crippen MR) is 65.7 cm³/mol. The van der Waals surface area contributed by atoms with Gasteiger partial charge in [-0.3, -0.25) is 4.98 Å². The molecule has 0 bridgehead atoms. The largest absolute Gasteiger partial charge is 0.383 e. The van der Waals surface area contributed by atoms with E-state index in [0.29, 0.717) is 12.6 Å². The van der Waals surface area contributed by atoms with Crippen molar-refractivity contribution in [2.24, 2.45) is 0 Å². The fourth-order valence-electron chi connectivity index (χ4n) is 1.61. The van der Waals surface area contributed by atoms with E-state index in [4.69, 9.17) is 4.74 Å². The maximum absolute atomic E-state index is 5.19. The number of nitrogens with one attached hydrogen (secondary N) is 1. The second-order valence-electron chi connectivity index (χ2n) is 4.03. The molecular formula is C12H21N3O. The highest BCUT2D eigenvalue weighted by Gasteiger charge is 2.10. The molecule has 4 heteroatoms. The van der Waals surface area contributed by atoms with Crippen LogP contribution < -0.4 is 5.32 Å². The molecule has 4 nitrogen and oxygen atoms in total. The number of rotatable bonds is 6. The lowest BCUT2D eigenvalue weighted by Gasteiger charge is -2.18. The van der Waals surface area contributed by atoms with Crippen molar-refractivity contribution in [3.05, 3.63) is 17.6 Å². The lowest BCUT2D eigenvalue weighted by molar-refractivity contribution is 0.182. The normalized spacial score (nSPS) is 12.5. The van der Waals surface area contributed by atoms with Crippen LogP contribution in [0.3, 0.4) is 0 Å². The van der Waals surface area contributed by atoms with E-state index >= 15 is 0 Å². The number of hydrogen-bond donors (Lipinski definition) is 1. The standard InChI is InChI=1S/C12H21N3O/c1-5-6-11(8-16-4)15-12-10(3)13-7-9(2)14-12/h7,11H,5-6,8H2,1-4H3,(H,14,15). The Morgan fingerprint density at radius 3 is 2.81 bits per heavy atom. The third kappa shape index (κ3) is 3.77. The van der Waals surface area contributed by atoms with Crippen LogP contribution in [0.4, 0.5) is 5.82 Å². The molecule has 16 heavy (non-hydrogen) atoms. The summed E-state index contributed by atoms with van der Waals surface area (Å²) < 4.78 is 5.19. The van der Waals surface area contributed by atoms with Crippen molar-refractivity contribution in [2.75, 3.05) is 19.0 Å². The number of aromatic nitrogens is 2. The smallest absolute Gasteiger partial charge is 0.148 e. The molecule has 0 saturated carbocycles. The van der Waals surface area contributed by atoms with Crippen molar-refractivity contribution >= 4 is 5.82 Å². The van der Waals surface area contributed by atoms with Gasteiger partial charge < -0.3 is 10.1 Å². The van der Waals surface area contributed by atoms with Crippen molar-refractivity contribution in [1.82, 2.24) is 9.97 Å². The van der Waals surface area contributed by atoms with Crippen LogP contribution in [0.15, 0.2) is 6.20 Å². The third-order valence-corrected chi connectivity index (χ3v) is 2.42. The van der Waals surface area contributed by atoms with E-state index < -0.39 is 0 Å². The quantitative estimate of drug-likeness (QED) is 0.804. The Hall–Kier alpha value is -1.16. The summed E-state index contributed by atoms with van der Waals surface area (Å²) in [5.41, 5.74) is 1.86. The summed E-state index contributed by atoms with van der Waals surface area (Å²) in [6.07, 6.45) is 3.98. The average molecular weight is 223 g/mol. The van der Waals surface area contributed by atoms with Gasteiger partial charge in [-0.2, -0.15) is 0 Å². The molecule has 1 aromatic heterocycles. The molecule has 0 aliphatic carbocycles. The second-order valence-corrected chi connectivity index (χ2v) is 4.03. The lowest BCUT2D eigenvalue weighted by Crippen LogP contribution is -2.26. The van der Waals surface area contributed by atoms with Gasteiger partial charge in [0.1, 0.15) is 5.82 Å². The zero-order valence-corrected chi connectivity index (χ0v) is 10.6. The van der Waals surface area contributed by atoms with Crippen LogP contribution in [-0.4, -0.2) is 29.7 Å². The molecule has 0 saturated heterocycles. The molecule has 0 amide bonds. The molecule has 1 heterocycles. The summed E-state index contributed by atoms with van der Waals surface area (Å²) in [4.78, 5) is 8.73. The summed E-state index contributed by atoms with van der Waals surface area (Å²) in [5.74, 6) is 0.871. The van der Waals surface area contributed by atoms with E-state index in [2.05, 4.69) is 22.2 Å². The minimum absolute atomic E-state index is 0.310. The SMILES string of the molecule is CCCC(COC)Nc1nc(C)cnc1C. The molecule has 0 fully saturated rings. The number of anilines is 1. The summed E-state index contributed by atoms with van der Waals surface area (Å²) in [5, 5.41) is 3.39. The number of aryl methyl sites for hydroxylation is 2. The summed E-state index contributed by atoms with van der Waals surface area (Å²) in [7, 11) is 1.72. The van der Waals surface area contributed by atoms with Gasteiger partial charge in [-0.15, -0.1) is 0 Å². The average Bonchev–Trinajstić information content (AvgIpc) is 2.24. The molecule has 0 spiro atoms. The zero-order valence-electron chi connectivity index (χ0n) is 10.6. The molecule has 1 rings (SSSR count). The minimum Gasteiger partial charge on any atom is -0.383 e. The van der Waals surface area contributed by atoms with Gasteiger partial charge in [-0.25, -0.2) is 4.98 Å². The number of ether oxygens (including phenoxy) is 1. The second kappa shape index (κ2) is 6.43. The van der Waals surface area contributed by atoms with Gasteiger partial charge in [0.2, 0.25) is 0 Å². The Kier molecular flexibility index (Phi) is 5.19. The van der Waals surface area contributed by atoms with E-state index in [1.165, 1.54) is 0 Å². The van der Waals surface area contributed by atoms with Crippen LogP contribution in [0, 0.1) is 13.8 Å². The Morgan fingerprint density at radius 2 is 2.19 bits per heavy atom. The first kappa shape index (κ1) is 12.9. The molecule has 0 aliphatic heterocycles. The molecule has 1 N–H and O–H groups in total. The molecular weight excluding hydrogens is 202 g/mol. The minimum atomic E-state index is 0.310. The molecule has 0 radical (unpaired) electrons. The Morgan fingerprint density at radius 1 is 1.44 bits per heavy atom. The Bertz CT molecular complexity index is 322. The van der Waals surface area contributed by atoms with Gasteiger partial charge in [0, 0.05) is 13.3 Å². The topological polar surface area (TPSA) is 47.0 Å². The summed E-state index contributed by atoms with van der Waals surface area (Å²) >= 11 is 0. The van der Waals surface area contributed by atoms with Gasteiger partial charge in [-0.1, -0.05) is 13.3 Å². The van der Waals surface area contributed by atoms with Crippen LogP contribution in [0.2, 0.25) is 0 Å². The van der Waals surface area contributed by atoms with E-state index in [1.807, 2.05) is 13.8 Å². The molecule has 1 atom stereocenters. The lowest BCUT2D eigenvalue weighted by atomic mass is 10.2. The van der Waals surface area contributed by atoms with Crippen molar-refractivity contribution < 1.29 is 4.74 Å². The molecule has 1 aromatic rings. The first-order chi connectivity index (χ1) is 7.67. The van der Waals surface area contributed by atoms with Gasteiger partial charge in [0.15, 0.2) is 0 Å². The van der Waals surface area contributed by atoms with E-state index in [9.17, 15) is 0 Å². The third-order valence-electron chi connectivity index (χ3n) is 2.42. The summed E-state index contributed by atoms with van der Waals surface area (Å²) in [6, 6.07) is 0.310. The van der Waals surface area contributed by atoms with Crippen LogP contribution in [-0.2, 0) is 4.74 Å². The van der Waals surface area contributed by atoms with Crippen molar-refractivity contribution in [3.8, 4) is 0 Å². The summed E-state index contributed by atoms with van der Waals surface area (Å²) in [6.45, 7) is 6.77. The van der Waals surface area contributed by atoms with Crippen LogP contribution in [0.25, 0.3) is 0 Å². The van der Waals surface area contributed by atoms with Gasteiger partial charge in [0.25, 0.3) is 0 Å². The maximum atomic E-state index is 5.19. The van der Waals surface area contributed by atoms with E-state index in [0.717, 1.165) is 30.0 Å². The van der Waals surface area contributed by atoms with E-state index in [1.54, 1.807) is 13.3 Å². The zero-order chi connectivity index (χ0) is 12.0. The first-order valence-electron chi connectivity index (χ1n) is 5.73. The van der Waals surface area contributed by atoms with Crippen LogP contribution >= 0.6 is 0 Å². The highest BCUT2D eigenvalue weighted by Crippen LogP contribution is 2.12. The van der Waals surface area contributed by atoms with E-state index in [-0.39, 0.29) is 0 Å². The molecule has 90 valence electrons. The number of methoxy groups -OCH3 is 1. The number of hydrogen-bond acceptors (Lipinski definition) is 4. The van der Waals surface area contributed by atoms with Crippen LogP contribution in [0.1, 0.15) is 31.2 Å².